The summed E-state index contributed by atoms with van der Waals surface area (Å²) in [7, 11) is -2.01. The highest BCUT2D eigenvalue weighted by atomic mass is 32.2. The van der Waals surface area contributed by atoms with Crippen LogP contribution in [0.2, 0.25) is 0 Å². The van der Waals surface area contributed by atoms with E-state index in [0.29, 0.717) is 0 Å². The minimum absolute atomic E-state index is 0.0444. The van der Waals surface area contributed by atoms with Gasteiger partial charge in [0.15, 0.2) is 0 Å². The van der Waals surface area contributed by atoms with E-state index in [2.05, 4.69) is 16.1 Å². The number of hydrogen-bond donors (Lipinski definition) is 1. The van der Waals surface area contributed by atoms with E-state index in [9.17, 15) is 8.42 Å². The third kappa shape index (κ3) is 2.02. The second kappa shape index (κ2) is 4.43. The van der Waals surface area contributed by atoms with Crippen molar-refractivity contribution in [2.45, 2.75) is 18.9 Å². The first-order valence-electron chi connectivity index (χ1n) is 7.31. The molecule has 1 saturated heterocycles. The summed E-state index contributed by atoms with van der Waals surface area (Å²) in [5, 5.41) is 9.46. The highest BCUT2D eigenvalue weighted by molar-refractivity contribution is 7.86. The number of rotatable bonds is 3. The van der Waals surface area contributed by atoms with Crippen molar-refractivity contribution in [1.82, 2.24) is 13.9 Å². The molecule has 3 heterocycles. The fourth-order valence-electron chi connectivity index (χ4n) is 3.80. The van der Waals surface area contributed by atoms with Crippen molar-refractivity contribution < 1.29 is 8.42 Å². The van der Waals surface area contributed by atoms with Crippen LogP contribution >= 0.6 is 0 Å². The molecule has 8 heteroatoms. The second-order valence-corrected chi connectivity index (χ2v) is 8.14. The van der Waals surface area contributed by atoms with E-state index in [-0.39, 0.29) is 11.5 Å². The molecule has 7 nitrogen and oxygen atoms in total. The van der Waals surface area contributed by atoms with Crippen molar-refractivity contribution >= 4 is 21.4 Å². The summed E-state index contributed by atoms with van der Waals surface area (Å²) in [6, 6.07) is 6.13. The van der Waals surface area contributed by atoms with Gasteiger partial charge in [0.05, 0.1) is 11.2 Å². The van der Waals surface area contributed by atoms with Gasteiger partial charge in [0.1, 0.15) is 0 Å². The maximum absolute atomic E-state index is 11.4. The lowest BCUT2D eigenvalue weighted by Gasteiger charge is -2.60. The standard InChI is InChI=1S/C14H19N5O2S/c1-17(22(15,20)21)11-7-14(8-11)9-18(10-14)12-4-5-16-19-6-2-3-13(12)19/h2-6,11H,7-10H2,1H3,(H2,15,20,21). The van der Waals surface area contributed by atoms with Gasteiger partial charge in [0.25, 0.3) is 10.2 Å². The largest absolute Gasteiger partial charge is 0.368 e. The Balaban J connectivity index is 1.45. The van der Waals surface area contributed by atoms with E-state index in [1.165, 1.54) is 9.99 Å². The zero-order valence-electron chi connectivity index (χ0n) is 12.4. The van der Waals surface area contributed by atoms with Crippen molar-refractivity contribution in [1.29, 1.82) is 0 Å². The molecule has 118 valence electrons. The van der Waals surface area contributed by atoms with E-state index < -0.39 is 10.2 Å². The Kier molecular flexibility index (Phi) is 2.82. The molecule has 0 atom stereocenters. The van der Waals surface area contributed by atoms with Crippen LogP contribution in [0.1, 0.15) is 12.8 Å². The first-order valence-corrected chi connectivity index (χ1v) is 8.81. The molecule has 2 fully saturated rings. The first-order chi connectivity index (χ1) is 10.4. The average Bonchev–Trinajstić information content (AvgIpc) is 2.82. The molecule has 0 aromatic carbocycles. The molecule has 1 aliphatic carbocycles. The highest BCUT2D eigenvalue weighted by Crippen LogP contribution is 2.51. The van der Waals surface area contributed by atoms with Crippen LogP contribution in [0.5, 0.6) is 0 Å². The third-order valence-corrected chi connectivity index (χ3v) is 6.16. The molecule has 0 amide bonds. The zero-order chi connectivity index (χ0) is 15.5. The SMILES string of the molecule is CN(C1CC2(C1)CN(c1ccnn3cccc13)C2)S(N)(=O)=O. The lowest BCUT2D eigenvalue weighted by molar-refractivity contribution is 0.0212. The Morgan fingerprint density at radius 3 is 2.77 bits per heavy atom. The van der Waals surface area contributed by atoms with Gasteiger partial charge in [-0.15, -0.1) is 0 Å². The predicted molar refractivity (Wildman–Crippen MR) is 83.7 cm³/mol. The van der Waals surface area contributed by atoms with Crippen LogP contribution in [0.3, 0.4) is 0 Å². The molecule has 4 rings (SSSR count). The number of nitrogens with two attached hydrogens (primary N) is 1. The molecule has 1 saturated carbocycles. The van der Waals surface area contributed by atoms with Gasteiger partial charge < -0.3 is 4.90 Å². The Morgan fingerprint density at radius 2 is 2.09 bits per heavy atom. The van der Waals surface area contributed by atoms with Crippen molar-refractivity contribution in [3.63, 3.8) is 0 Å². The molecule has 0 unspecified atom stereocenters. The van der Waals surface area contributed by atoms with Crippen molar-refractivity contribution in [2.75, 3.05) is 25.0 Å². The van der Waals surface area contributed by atoms with Gasteiger partial charge in [0.2, 0.25) is 0 Å². The molecule has 1 aliphatic heterocycles. The number of aromatic nitrogens is 2. The van der Waals surface area contributed by atoms with Gasteiger partial charge >= 0.3 is 0 Å². The van der Waals surface area contributed by atoms with Gasteiger partial charge in [0, 0.05) is 44.0 Å². The van der Waals surface area contributed by atoms with Gasteiger partial charge in [-0.2, -0.15) is 17.8 Å². The Labute approximate surface area is 129 Å². The maximum atomic E-state index is 11.4. The Hall–Kier alpha value is -1.64. The van der Waals surface area contributed by atoms with Crippen LogP contribution in [0.25, 0.3) is 5.52 Å². The number of fused-ring (bicyclic) bond motifs is 1. The fourth-order valence-corrected chi connectivity index (χ4v) is 4.37. The van der Waals surface area contributed by atoms with Gasteiger partial charge in [-0.25, -0.2) is 9.65 Å². The van der Waals surface area contributed by atoms with Crippen molar-refractivity contribution in [3.8, 4) is 0 Å². The molecule has 2 N–H and O–H groups in total. The van der Waals surface area contributed by atoms with Crippen LogP contribution in [0, 0.1) is 5.41 Å². The smallest absolute Gasteiger partial charge is 0.276 e. The molecular weight excluding hydrogens is 302 g/mol. The molecule has 2 aromatic heterocycles. The quantitative estimate of drug-likeness (QED) is 0.889. The van der Waals surface area contributed by atoms with E-state index >= 15 is 0 Å². The highest BCUT2D eigenvalue weighted by Gasteiger charge is 2.54. The summed E-state index contributed by atoms with van der Waals surface area (Å²) in [6.45, 7) is 1.93. The van der Waals surface area contributed by atoms with Gasteiger partial charge in [-0.05, 0) is 31.0 Å². The summed E-state index contributed by atoms with van der Waals surface area (Å²) in [6.07, 6.45) is 5.53. The molecule has 0 bridgehead atoms. The van der Waals surface area contributed by atoms with Crippen molar-refractivity contribution in [2.24, 2.45) is 10.6 Å². The minimum Gasteiger partial charge on any atom is -0.368 e. The van der Waals surface area contributed by atoms with Gasteiger partial charge in [-0.1, -0.05) is 0 Å². The summed E-state index contributed by atoms with van der Waals surface area (Å²) in [4.78, 5) is 2.34. The zero-order valence-corrected chi connectivity index (χ0v) is 13.2. The fraction of sp³-hybridized carbons (Fsp3) is 0.500. The summed E-state index contributed by atoms with van der Waals surface area (Å²) in [5.74, 6) is 0. The molecule has 1 spiro atoms. The maximum Gasteiger partial charge on any atom is 0.276 e. The first kappa shape index (κ1) is 14.0. The lowest BCUT2D eigenvalue weighted by atomic mass is 9.60. The van der Waals surface area contributed by atoms with Crippen molar-refractivity contribution in [3.05, 3.63) is 30.6 Å². The molecule has 2 aliphatic rings. The molecule has 2 aromatic rings. The van der Waals surface area contributed by atoms with Crippen LogP contribution in [0.15, 0.2) is 30.6 Å². The summed E-state index contributed by atoms with van der Waals surface area (Å²) >= 11 is 0. The van der Waals surface area contributed by atoms with Crippen LogP contribution in [0.4, 0.5) is 5.69 Å². The minimum atomic E-state index is -3.58. The number of hydrogen-bond acceptors (Lipinski definition) is 4. The third-order valence-electron chi connectivity index (χ3n) is 5.06. The van der Waals surface area contributed by atoms with Crippen LogP contribution in [-0.4, -0.2) is 48.5 Å². The van der Waals surface area contributed by atoms with E-state index in [1.807, 2.05) is 29.0 Å². The second-order valence-electron chi connectivity index (χ2n) is 6.53. The summed E-state index contributed by atoms with van der Waals surface area (Å²) in [5.41, 5.74) is 2.54. The Bertz CT molecular complexity index is 817. The van der Waals surface area contributed by atoms with E-state index in [0.717, 1.165) is 31.4 Å². The molecular formula is C14H19N5O2S. The van der Waals surface area contributed by atoms with Crippen LogP contribution < -0.4 is 10.0 Å². The lowest BCUT2D eigenvalue weighted by Crippen LogP contribution is -2.67. The van der Waals surface area contributed by atoms with E-state index in [4.69, 9.17) is 5.14 Å². The molecule has 22 heavy (non-hydrogen) atoms. The monoisotopic (exact) mass is 321 g/mol. The normalized spacial score (nSPS) is 21.3. The average molecular weight is 321 g/mol. The summed E-state index contributed by atoms with van der Waals surface area (Å²) < 4.78 is 25.9. The number of anilines is 1. The Morgan fingerprint density at radius 1 is 1.36 bits per heavy atom. The predicted octanol–water partition coefficient (Wildman–Crippen LogP) is 0.438. The van der Waals surface area contributed by atoms with Gasteiger partial charge in [-0.3, -0.25) is 0 Å². The molecule has 0 radical (unpaired) electrons. The van der Waals surface area contributed by atoms with E-state index in [1.54, 1.807) is 7.05 Å². The van der Waals surface area contributed by atoms with Crippen LogP contribution in [-0.2, 0) is 10.2 Å². The topological polar surface area (TPSA) is 83.9 Å². The number of nitrogens with zero attached hydrogens (tertiary/aromatic N) is 4.